The van der Waals surface area contributed by atoms with Gasteiger partial charge in [-0.2, -0.15) is 0 Å². The summed E-state index contributed by atoms with van der Waals surface area (Å²) in [5.74, 6) is 1.37. The van der Waals surface area contributed by atoms with Gasteiger partial charge in [-0.1, -0.05) is 0 Å². The summed E-state index contributed by atoms with van der Waals surface area (Å²) >= 11 is 0. The van der Waals surface area contributed by atoms with Crippen molar-refractivity contribution < 1.29 is 28.4 Å². The van der Waals surface area contributed by atoms with E-state index in [4.69, 9.17) is 9.47 Å². The molecule has 0 aliphatic carbocycles. The second-order valence-corrected chi connectivity index (χ2v) is 5.74. The van der Waals surface area contributed by atoms with Crippen molar-refractivity contribution in [3.63, 3.8) is 0 Å². The molecule has 1 rings (SSSR count). The van der Waals surface area contributed by atoms with Crippen molar-refractivity contribution in [2.75, 3.05) is 14.2 Å². The quantitative estimate of drug-likeness (QED) is 0.779. The van der Waals surface area contributed by atoms with E-state index in [0.717, 1.165) is 5.56 Å². The number of hydrogen-bond acceptors (Lipinski definition) is 4. The topological polar surface area (TPSA) is 50.7 Å². The smallest absolute Gasteiger partial charge is 1.00 e. The van der Waals surface area contributed by atoms with E-state index in [9.17, 15) is 5.11 Å². The molecule has 116 valence electrons. The van der Waals surface area contributed by atoms with E-state index in [2.05, 4.69) is 26.1 Å². The van der Waals surface area contributed by atoms with Crippen LogP contribution in [0.15, 0.2) is 18.2 Å². The summed E-state index contributed by atoms with van der Waals surface area (Å²) in [7, 11) is 3.20. The van der Waals surface area contributed by atoms with Gasteiger partial charge >= 0.3 is 1.43 Å². The molecule has 4 nitrogen and oxygen atoms in total. The minimum Gasteiger partial charge on any atom is -1.00 e. The van der Waals surface area contributed by atoms with Gasteiger partial charge in [-0.15, -0.1) is 0 Å². The maximum Gasteiger partial charge on any atom is 1.00 e. The van der Waals surface area contributed by atoms with Gasteiger partial charge < -0.3 is 32.3 Å². The van der Waals surface area contributed by atoms with Crippen molar-refractivity contribution in [2.24, 2.45) is 0 Å². The number of halogens is 1. The average Bonchev–Trinajstić information content (AvgIpc) is 2.35. The summed E-state index contributed by atoms with van der Waals surface area (Å²) in [4.78, 5) is 0. The minimum atomic E-state index is -0.663. The second kappa shape index (κ2) is 7.72. The number of methoxy groups -OCH3 is 2. The molecule has 5 heteroatoms. The Morgan fingerprint density at radius 3 is 2.25 bits per heavy atom. The van der Waals surface area contributed by atoms with Crippen molar-refractivity contribution in [1.29, 1.82) is 0 Å². The average molecular weight is 304 g/mol. The van der Waals surface area contributed by atoms with E-state index in [1.165, 1.54) is 0 Å². The Labute approximate surface area is 129 Å². The molecule has 0 amide bonds. The Kier molecular flexibility index (Phi) is 7.34. The van der Waals surface area contributed by atoms with E-state index in [1.807, 2.05) is 19.1 Å². The van der Waals surface area contributed by atoms with Gasteiger partial charge in [0.1, 0.15) is 11.5 Å². The normalized spacial score (nSPS) is 14.2. The fourth-order valence-electron chi connectivity index (χ4n) is 2.10. The number of benzene rings is 1. The van der Waals surface area contributed by atoms with E-state index in [0.29, 0.717) is 11.5 Å². The van der Waals surface area contributed by atoms with Crippen LogP contribution < -0.4 is 27.2 Å². The molecular weight excluding hydrogens is 278 g/mol. The highest BCUT2D eigenvalue weighted by Gasteiger charge is 2.24. The maximum absolute atomic E-state index is 10.5. The summed E-state index contributed by atoms with van der Waals surface area (Å²) in [5.41, 5.74) is 0.665. The highest BCUT2D eigenvalue weighted by molar-refractivity contribution is 5.42. The lowest BCUT2D eigenvalue weighted by molar-refractivity contribution is -0.00000665. The molecule has 2 N–H and O–H groups in total. The number of rotatable bonds is 5. The zero-order chi connectivity index (χ0) is 14.6. The van der Waals surface area contributed by atoms with Gasteiger partial charge in [-0.05, 0) is 45.9 Å². The SMILES string of the molecule is COc1ccc(OC)c(C(O)C(C)NC(C)(C)C)c1.[Cl-].[H+]. The number of aliphatic hydroxyl groups is 1. The lowest BCUT2D eigenvalue weighted by Gasteiger charge is -2.30. The van der Waals surface area contributed by atoms with Crippen LogP contribution in [0.4, 0.5) is 0 Å². The summed E-state index contributed by atoms with van der Waals surface area (Å²) in [6, 6.07) is 5.34. The molecule has 20 heavy (non-hydrogen) atoms. The third-order valence-electron chi connectivity index (χ3n) is 2.89. The molecule has 0 spiro atoms. The third kappa shape index (κ3) is 5.19. The lowest BCUT2D eigenvalue weighted by Crippen LogP contribution is -3.00. The highest BCUT2D eigenvalue weighted by Crippen LogP contribution is 2.31. The van der Waals surface area contributed by atoms with Gasteiger partial charge in [0.15, 0.2) is 0 Å². The van der Waals surface area contributed by atoms with Crippen molar-refractivity contribution in [1.82, 2.24) is 5.32 Å². The summed E-state index contributed by atoms with van der Waals surface area (Å²) in [6.07, 6.45) is -0.663. The highest BCUT2D eigenvalue weighted by atomic mass is 35.5. The Morgan fingerprint density at radius 2 is 1.80 bits per heavy atom. The fourth-order valence-corrected chi connectivity index (χ4v) is 2.10. The number of hydrogen-bond donors (Lipinski definition) is 2. The number of aliphatic hydroxyl groups excluding tert-OH is 1. The first-order valence-electron chi connectivity index (χ1n) is 6.46. The zero-order valence-electron chi connectivity index (χ0n) is 14.0. The van der Waals surface area contributed by atoms with Gasteiger partial charge in [-0.3, -0.25) is 0 Å². The Morgan fingerprint density at radius 1 is 1.20 bits per heavy atom. The van der Waals surface area contributed by atoms with Gasteiger partial charge in [0, 0.05) is 17.1 Å². The summed E-state index contributed by atoms with van der Waals surface area (Å²) < 4.78 is 10.5. The van der Waals surface area contributed by atoms with Crippen LogP contribution in [0.25, 0.3) is 0 Å². The molecule has 0 radical (unpaired) electrons. The maximum atomic E-state index is 10.5. The van der Waals surface area contributed by atoms with Crippen molar-refractivity contribution in [3.8, 4) is 11.5 Å². The predicted molar refractivity (Wildman–Crippen MR) is 78.0 cm³/mol. The first kappa shape index (κ1) is 19.0. The predicted octanol–water partition coefficient (Wildman–Crippen LogP) is -0.370. The molecular formula is C15H26ClNO3. The fraction of sp³-hybridized carbons (Fsp3) is 0.600. The Hall–Kier alpha value is -0.970. The van der Waals surface area contributed by atoms with Crippen LogP contribution in [0.1, 0.15) is 40.8 Å². The number of nitrogens with one attached hydrogen (secondary N) is 1. The lowest BCUT2D eigenvalue weighted by atomic mass is 9.99. The van der Waals surface area contributed by atoms with E-state index in [-0.39, 0.29) is 25.4 Å². The largest absolute Gasteiger partial charge is 1.00 e. The van der Waals surface area contributed by atoms with Crippen LogP contribution in [0.3, 0.4) is 0 Å². The molecule has 0 heterocycles. The standard InChI is InChI=1S/C15H25NO3.ClH/c1-10(16-15(2,3)4)14(17)12-9-11(18-5)7-8-13(12)19-6;/h7-10,14,16-17H,1-6H3;1H. The van der Waals surface area contributed by atoms with Crippen LogP contribution in [-0.2, 0) is 0 Å². The Bertz CT molecular complexity index is 424. The minimum absolute atomic E-state index is 0. The second-order valence-electron chi connectivity index (χ2n) is 5.74. The van der Waals surface area contributed by atoms with Crippen molar-refractivity contribution in [3.05, 3.63) is 23.8 Å². The van der Waals surface area contributed by atoms with Crippen LogP contribution in [0, 0.1) is 0 Å². The molecule has 0 aromatic heterocycles. The summed E-state index contributed by atoms with van der Waals surface area (Å²) in [6.45, 7) is 8.16. The van der Waals surface area contributed by atoms with E-state index >= 15 is 0 Å². The van der Waals surface area contributed by atoms with Crippen LogP contribution >= 0.6 is 0 Å². The van der Waals surface area contributed by atoms with Gasteiger partial charge in [0.25, 0.3) is 0 Å². The van der Waals surface area contributed by atoms with Crippen molar-refractivity contribution in [2.45, 2.75) is 45.4 Å². The molecule has 0 aliphatic rings. The van der Waals surface area contributed by atoms with Crippen molar-refractivity contribution >= 4 is 0 Å². The van der Waals surface area contributed by atoms with E-state index < -0.39 is 6.10 Å². The molecule has 1 aromatic carbocycles. The van der Waals surface area contributed by atoms with Gasteiger partial charge in [0.05, 0.1) is 20.3 Å². The number of ether oxygens (including phenoxy) is 2. The van der Waals surface area contributed by atoms with E-state index in [1.54, 1.807) is 20.3 Å². The van der Waals surface area contributed by atoms with Crippen LogP contribution in [-0.4, -0.2) is 30.9 Å². The van der Waals surface area contributed by atoms with Crippen LogP contribution in [0.2, 0.25) is 0 Å². The Balaban J connectivity index is 0. The summed E-state index contributed by atoms with van der Waals surface area (Å²) in [5, 5.41) is 13.8. The van der Waals surface area contributed by atoms with Crippen LogP contribution in [0.5, 0.6) is 11.5 Å². The monoisotopic (exact) mass is 303 g/mol. The first-order valence-corrected chi connectivity index (χ1v) is 6.46. The van der Waals surface area contributed by atoms with Gasteiger partial charge in [-0.25, -0.2) is 0 Å². The molecule has 2 unspecified atom stereocenters. The molecule has 1 aromatic rings. The first-order chi connectivity index (χ1) is 8.78. The molecule has 0 saturated carbocycles. The third-order valence-corrected chi connectivity index (χ3v) is 2.89. The molecule has 0 bridgehead atoms. The van der Waals surface area contributed by atoms with Gasteiger partial charge in [0.2, 0.25) is 0 Å². The zero-order valence-corrected chi connectivity index (χ0v) is 13.8. The molecule has 2 atom stereocenters. The molecule has 0 aliphatic heterocycles. The molecule has 0 fully saturated rings. The molecule has 0 saturated heterocycles.